The average Bonchev–Trinajstić information content (AvgIpc) is 2.57. The normalized spacial score (nSPS) is 14.6. The Morgan fingerprint density at radius 2 is 1.85 bits per heavy atom. The van der Waals surface area contributed by atoms with Crippen LogP contribution in [0.4, 0.5) is 0 Å². The van der Waals surface area contributed by atoms with Gasteiger partial charge in [0.25, 0.3) is 5.91 Å². The number of fused-ring (bicyclic) bond motifs is 1. The van der Waals surface area contributed by atoms with E-state index in [4.69, 9.17) is 11.6 Å². The number of nitrogens with zero attached hydrogens (tertiary/aromatic N) is 1. The van der Waals surface area contributed by atoms with Gasteiger partial charge in [0.15, 0.2) is 0 Å². The Labute approximate surface area is 120 Å². The van der Waals surface area contributed by atoms with Crippen LogP contribution in [0.2, 0.25) is 5.02 Å². The van der Waals surface area contributed by atoms with Gasteiger partial charge in [-0.25, -0.2) is 0 Å². The summed E-state index contributed by atoms with van der Waals surface area (Å²) in [5.41, 5.74) is 2.20. The van der Waals surface area contributed by atoms with Crippen molar-refractivity contribution in [3.63, 3.8) is 0 Å². The van der Waals surface area contributed by atoms with E-state index < -0.39 is 0 Å². The lowest BCUT2D eigenvalue weighted by Gasteiger charge is -2.09. The molecule has 0 fully saturated rings. The number of hydrogen-bond acceptors (Lipinski definition) is 2. The Balaban J connectivity index is 2.29. The number of halogens is 1. The van der Waals surface area contributed by atoms with Gasteiger partial charge in [-0.1, -0.05) is 29.8 Å². The summed E-state index contributed by atoms with van der Waals surface area (Å²) >= 11 is 6.01. The number of nitrogens with one attached hydrogen (secondary N) is 1. The van der Waals surface area contributed by atoms with E-state index in [1.54, 1.807) is 18.2 Å². The van der Waals surface area contributed by atoms with Gasteiger partial charge in [0.2, 0.25) is 12.4 Å². The second kappa shape index (κ2) is 4.98. The summed E-state index contributed by atoms with van der Waals surface area (Å²) in [6.07, 6.45) is 0. The van der Waals surface area contributed by atoms with Crippen molar-refractivity contribution >= 4 is 23.2 Å². The minimum absolute atomic E-state index is 0.0879. The van der Waals surface area contributed by atoms with Gasteiger partial charge in [0.1, 0.15) is 0 Å². The molecule has 1 N–H and O–H groups in total. The SMILES string of the molecule is O=C1NC[N+]([O-])=C(c2ccccc2)c2cc(Cl)ccc21. The van der Waals surface area contributed by atoms with Gasteiger partial charge in [-0.05, 0) is 30.3 Å². The molecular formula is C15H11ClN2O2. The number of rotatable bonds is 1. The maximum absolute atomic E-state index is 12.3. The summed E-state index contributed by atoms with van der Waals surface area (Å²) in [6.45, 7) is -0.0879. The minimum atomic E-state index is -0.275. The first-order chi connectivity index (χ1) is 9.66. The third kappa shape index (κ3) is 2.14. The molecule has 100 valence electrons. The molecule has 0 unspecified atom stereocenters. The van der Waals surface area contributed by atoms with Crippen LogP contribution in [0.1, 0.15) is 21.5 Å². The first-order valence-corrected chi connectivity index (χ1v) is 6.50. The molecule has 0 spiro atoms. The van der Waals surface area contributed by atoms with Crippen LogP contribution in [0.15, 0.2) is 48.5 Å². The van der Waals surface area contributed by atoms with Gasteiger partial charge in [-0.3, -0.25) is 10.1 Å². The van der Waals surface area contributed by atoms with Crippen molar-refractivity contribution < 1.29 is 9.53 Å². The Hall–Kier alpha value is -2.33. The van der Waals surface area contributed by atoms with E-state index in [1.807, 2.05) is 30.3 Å². The van der Waals surface area contributed by atoms with Crippen LogP contribution in [-0.2, 0) is 0 Å². The molecule has 0 saturated heterocycles. The van der Waals surface area contributed by atoms with E-state index in [9.17, 15) is 10.0 Å². The molecule has 0 saturated carbocycles. The highest BCUT2D eigenvalue weighted by atomic mass is 35.5. The smallest absolute Gasteiger partial charge is 0.256 e. The van der Waals surface area contributed by atoms with Crippen molar-refractivity contribution in [1.82, 2.24) is 5.32 Å². The molecule has 0 aliphatic carbocycles. The van der Waals surface area contributed by atoms with E-state index in [0.717, 1.165) is 10.3 Å². The maximum Gasteiger partial charge on any atom is 0.256 e. The van der Waals surface area contributed by atoms with Crippen LogP contribution in [0.25, 0.3) is 0 Å². The summed E-state index contributed by atoms with van der Waals surface area (Å²) in [5.74, 6) is -0.275. The molecule has 1 amide bonds. The van der Waals surface area contributed by atoms with Crippen molar-refractivity contribution in [1.29, 1.82) is 0 Å². The maximum atomic E-state index is 12.3. The number of hydrogen-bond donors (Lipinski definition) is 1. The molecule has 1 aliphatic rings. The van der Waals surface area contributed by atoms with Crippen molar-refractivity contribution in [2.45, 2.75) is 0 Å². The lowest BCUT2D eigenvalue weighted by Crippen LogP contribution is -2.28. The summed E-state index contributed by atoms with van der Waals surface area (Å²) in [7, 11) is 0. The number of carbonyl (C=O) groups is 1. The zero-order valence-corrected chi connectivity index (χ0v) is 11.2. The number of benzene rings is 2. The quantitative estimate of drug-likeness (QED) is 0.646. The predicted molar refractivity (Wildman–Crippen MR) is 77.1 cm³/mol. The molecule has 5 heteroatoms. The largest absolute Gasteiger partial charge is 0.622 e. The minimum Gasteiger partial charge on any atom is -0.622 e. The highest BCUT2D eigenvalue weighted by Gasteiger charge is 2.26. The van der Waals surface area contributed by atoms with Crippen LogP contribution in [0, 0.1) is 5.21 Å². The molecule has 4 nitrogen and oxygen atoms in total. The predicted octanol–water partition coefficient (Wildman–Crippen LogP) is 2.39. The molecule has 2 aromatic carbocycles. The first-order valence-electron chi connectivity index (χ1n) is 6.12. The number of carbonyl (C=O) groups excluding carboxylic acids is 1. The Morgan fingerprint density at radius 1 is 1.10 bits per heavy atom. The van der Waals surface area contributed by atoms with Gasteiger partial charge in [0.05, 0.1) is 11.1 Å². The highest BCUT2D eigenvalue weighted by Crippen LogP contribution is 2.21. The van der Waals surface area contributed by atoms with Crippen molar-refractivity contribution in [3.8, 4) is 0 Å². The molecule has 20 heavy (non-hydrogen) atoms. The third-order valence-electron chi connectivity index (χ3n) is 3.16. The Bertz CT molecular complexity index is 711. The second-order valence-electron chi connectivity index (χ2n) is 4.45. The van der Waals surface area contributed by atoms with Gasteiger partial charge in [-0.2, -0.15) is 4.74 Å². The van der Waals surface area contributed by atoms with Crippen LogP contribution in [0.5, 0.6) is 0 Å². The molecule has 0 bridgehead atoms. The van der Waals surface area contributed by atoms with E-state index in [1.165, 1.54) is 0 Å². The number of amides is 1. The van der Waals surface area contributed by atoms with Crippen LogP contribution in [-0.4, -0.2) is 23.0 Å². The van der Waals surface area contributed by atoms with Crippen molar-refractivity contribution in [2.24, 2.45) is 0 Å². The standard InChI is InChI=1S/C15H11ClN2O2/c16-11-6-7-12-13(8-11)14(10-4-2-1-3-5-10)18(20)9-17-15(12)19/h1-8H,9H2,(H,17,19). The topological polar surface area (TPSA) is 55.2 Å². The Morgan fingerprint density at radius 3 is 2.60 bits per heavy atom. The summed E-state index contributed by atoms with van der Waals surface area (Å²) in [5, 5.41) is 15.3. The van der Waals surface area contributed by atoms with Gasteiger partial charge >= 0.3 is 0 Å². The van der Waals surface area contributed by atoms with E-state index in [-0.39, 0.29) is 12.6 Å². The molecule has 2 aromatic rings. The summed E-state index contributed by atoms with van der Waals surface area (Å²) < 4.78 is 0.773. The molecule has 1 heterocycles. The lowest BCUT2D eigenvalue weighted by atomic mass is 9.97. The van der Waals surface area contributed by atoms with E-state index in [2.05, 4.69) is 5.32 Å². The monoisotopic (exact) mass is 286 g/mol. The fraction of sp³-hybridized carbons (Fsp3) is 0.0667. The third-order valence-corrected chi connectivity index (χ3v) is 3.40. The highest BCUT2D eigenvalue weighted by molar-refractivity contribution is 6.31. The second-order valence-corrected chi connectivity index (χ2v) is 4.88. The van der Waals surface area contributed by atoms with E-state index >= 15 is 0 Å². The van der Waals surface area contributed by atoms with Crippen LogP contribution < -0.4 is 5.32 Å². The molecule has 1 aliphatic heterocycles. The molecular weight excluding hydrogens is 276 g/mol. The summed E-state index contributed by atoms with van der Waals surface area (Å²) in [4.78, 5) is 12.0. The first kappa shape index (κ1) is 12.7. The van der Waals surface area contributed by atoms with Crippen LogP contribution in [0.3, 0.4) is 0 Å². The van der Waals surface area contributed by atoms with Gasteiger partial charge in [0, 0.05) is 10.6 Å². The lowest BCUT2D eigenvalue weighted by molar-refractivity contribution is -0.459. The molecule has 0 radical (unpaired) electrons. The zero-order chi connectivity index (χ0) is 14.1. The van der Waals surface area contributed by atoms with Gasteiger partial charge in [-0.15, -0.1) is 0 Å². The van der Waals surface area contributed by atoms with Gasteiger partial charge < -0.3 is 5.21 Å². The Kier molecular flexibility index (Phi) is 3.16. The number of hydroxylamine groups is 1. The summed E-state index contributed by atoms with van der Waals surface area (Å²) in [6, 6.07) is 14.2. The molecule has 3 rings (SSSR count). The molecule has 0 atom stereocenters. The fourth-order valence-corrected chi connectivity index (χ4v) is 2.43. The zero-order valence-electron chi connectivity index (χ0n) is 10.5. The van der Waals surface area contributed by atoms with E-state index in [0.29, 0.717) is 21.9 Å². The van der Waals surface area contributed by atoms with Crippen LogP contribution >= 0.6 is 11.6 Å². The van der Waals surface area contributed by atoms with Crippen molar-refractivity contribution in [2.75, 3.05) is 6.67 Å². The average molecular weight is 287 g/mol. The van der Waals surface area contributed by atoms with Crippen molar-refractivity contribution in [3.05, 3.63) is 75.5 Å². The fourth-order valence-electron chi connectivity index (χ4n) is 2.26. The molecule has 0 aromatic heterocycles.